The summed E-state index contributed by atoms with van der Waals surface area (Å²) in [5.41, 5.74) is 7.19. The monoisotopic (exact) mass is 302 g/mol. The van der Waals surface area contributed by atoms with Crippen molar-refractivity contribution in [1.29, 1.82) is 0 Å². The fourth-order valence-corrected chi connectivity index (χ4v) is 3.58. The van der Waals surface area contributed by atoms with Gasteiger partial charge in [-0.15, -0.1) is 23.7 Å². The first-order valence-corrected chi connectivity index (χ1v) is 7.39. The molecular weight excluding hydrogens is 280 g/mol. The van der Waals surface area contributed by atoms with E-state index in [0.29, 0.717) is 6.54 Å². The van der Waals surface area contributed by atoms with Gasteiger partial charge in [0.05, 0.1) is 4.88 Å². The second kappa shape index (κ2) is 6.25. The predicted octanol–water partition coefficient (Wildman–Crippen LogP) is 2.85. The Labute approximate surface area is 125 Å². The molecule has 1 fully saturated rings. The molecule has 0 aromatic carbocycles. The van der Waals surface area contributed by atoms with Gasteiger partial charge in [-0.25, -0.2) is 0 Å². The Morgan fingerprint density at radius 2 is 2.26 bits per heavy atom. The Balaban J connectivity index is 0.00000180. The average molecular weight is 303 g/mol. The summed E-state index contributed by atoms with van der Waals surface area (Å²) in [6, 6.07) is 2.06. The largest absolute Gasteiger partial charge is 0.337 e. The normalized spacial score (nSPS) is 22.4. The average Bonchev–Trinajstić information content (AvgIpc) is 2.93. The van der Waals surface area contributed by atoms with E-state index in [4.69, 9.17) is 5.73 Å². The summed E-state index contributed by atoms with van der Waals surface area (Å²) in [6.45, 7) is 8.67. The minimum Gasteiger partial charge on any atom is -0.337 e. The molecule has 1 unspecified atom stereocenters. The zero-order chi connectivity index (χ0) is 13.3. The Morgan fingerprint density at radius 3 is 2.74 bits per heavy atom. The standard InChI is InChI=1S/C14H22N2OS.ClH/c1-4-11-7-12(18-10(11)2)13(17)16-6-5-14(3,8-15)9-16;/h7H,4-6,8-9,15H2,1-3H3;1H. The van der Waals surface area contributed by atoms with Crippen LogP contribution in [-0.4, -0.2) is 30.4 Å². The van der Waals surface area contributed by atoms with Gasteiger partial charge in [0, 0.05) is 18.0 Å². The number of likely N-dealkylation sites (tertiary alicyclic amines) is 1. The van der Waals surface area contributed by atoms with Crippen molar-refractivity contribution in [2.75, 3.05) is 19.6 Å². The Bertz CT molecular complexity index is 460. The summed E-state index contributed by atoms with van der Waals surface area (Å²) in [5, 5.41) is 0. The molecular formula is C14H23ClN2OS. The van der Waals surface area contributed by atoms with Crippen molar-refractivity contribution in [3.8, 4) is 0 Å². The van der Waals surface area contributed by atoms with Crippen LogP contribution in [0, 0.1) is 12.3 Å². The molecule has 1 aliphatic rings. The van der Waals surface area contributed by atoms with Crippen LogP contribution in [0.5, 0.6) is 0 Å². The lowest BCUT2D eigenvalue weighted by atomic mass is 9.90. The van der Waals surface area contributed by atoms with Crippen molar-refractivity contribution < 1.29 is 4.79 Å². The summed E-state index contributed by atoms with van der Waals surface area (Å²) in [5.74, 6) is 0.181. The molecule has 1 aromatic rings. The van der Waals surface area contributed by atoms with E-state index in [1.54, 1.807) is 11.3 Å². The Hall–Kier alpha value is -0.580. The summed E-state index contributed by atoms with van der Waals surface area (Å²) >= 11 is 1.62. The minimum atomic E-state index is 0. The molecule has 5 heteroatoms. The van der Waals surface area contributed by atoms with Crippen LogP contribution in [0.4, 0.5) is 0 Å². The van der Waals surface area contributed by atoms with Crippen LogP contribution in [0.15, 0.2) is 6.07 Å². The maximum Gasteiger partial charge on any atom is 0.263 e. The van der Waals surface area contributed by atoms with E-state index in [9.17, 15) is 4.79 Å². The maximum atomic E-state index is 12.4. The smallest absolute Gasteiger partial charge is 0.263 e. The van der Waals surface area contributed by atoms with Gasteiger partial charge in [0.1, 0.15) is 0 Å². The first-order chi connectivity index (χ1) is 8.49. The summed E-state index contributed by atoms with van der Waals surface area (Å²) in [7, 11) is 0. The van der Waals surface area contributed by atoms with Crippen LogP contribution in [0.3, 0.4) is 0 Å². The molecule has 0 bridgehead atoms. The van der Waals surface area contributed by atoms with Crippen molar-refractivity contribution in [2.45, 2.75) is 33.6 Å². The van der Waals surface area contributed by atoms with Crippen LogP contribution in [0.25, 0.3) is 0 Å². The van der Waals surface area contributed by atoms with Crippen LogP contribution in [0.2, 0.25) is 0 Å². The number of nitrogens with two attached hydrogens (primary N) is 1. The fraction of sp³-hybridized carbons (Fsp3) is 0.643. The molecule has 1 aliphatic heterocycles. The lowest BCUT2D eigenvalue weighted by Gasteiger charge is -2.22. The lowest BCUT2D eigenvalue weighted by Crippen LogP contribution is -2.34. The Morgan fingerprint density at radius 1 is 1.58 bits per heavy atom. The number of carbonyl (C=O) groups excluding carboxylic acids is 1. The van der Waals surface area contributed by atoms with E-state index in [1.807, 2.05) is 4.90 Å². The van der Waals surface area contributed by atoms with Gasteiger partial charge in [-0.1, -0.05) is 13.8 Å². The fourth-order valence-electron chi connectivity index (χ4n) is 2.50. The number of carbonyl (C=O) groups is 1. The van der Waals surface area contributed by atoms with E-state index in [2.05, 4.69) is 26.8 Å². The number of halogens is 1. The number of amides is 1. The molecule has 2 rings (SSSR count). The van der Waals surface area contributed by atoms with Gasteiger partial charge in [-0.3, -0.25) is 4.79 Å². The molecule has 3 nitrogen and oxygen atoms in total. The van der Waals surface area contributed by atoms with Crippen LogP contribution >= 0.6 is 23.7 Å². The zero-order valence-electron chi connectivity index (χ0n) is 11.9. The zero-order valence-corrected chi connectivity index (χ0v) is 13.5. The quantitative estimate of drug-likeness (QED) is 0.933. The first kappa shape index (κ1) is 16.5. The van der Waals surface area contributed by atoms with E-state index in [-0.39, 0.29) is 23.7 Å². The van der Waals surface area contributed by atoms with Crippen LogP contribution in [0.1, 0.15) is 40.4 Å². The SMILES string of the molecule is CCc1cc(C(=O)N2CCC(C)(CN)C2)sc1C.Cl. The highest BCUT2D eigenvalue weighted by Crippen LogP contribution is 2.31. The molecule has 1 saturated heterocycles. The molecule has 1 aromatic heterocycles. The van der Waals surface area contributed by atoms with E-state index < -0.39 is 0 Å². The van der Waals surface area contributed by atoms with Crippen molar-refractivity contribution in [3.05, 3.63) is 21.4 Å². The molecule has 1 atom stereocenters. The van der Waals surface area contributed by atoms with E-state index in [0.717, 1.165) is 30.8 Å². The summed E-state index contributed by atoms with van der Waals surface area (Å²) in [6.07, 6.45) is 2.01. The Kier molecular flexibility index (Phi) is 5.42. The highest BCUT2D eigenvalue weighted by molar-refractivity contribution is 7.14. The summed E-state index contributed by atoms with van der Waals surface area (Å²) < 4.78 is 0. The van der Waals surface area contributed by atoms with Gasteiger partial charge < -0.3 is 10.6 Å². The molecule has 0 spiro atoms. The number of rotatable bonds is 3. The highest BCUT2D eigenvalue weighted by Gasteiger charge is 2.35. The van der Waals surface area contributed by atoms with Crippen LogP contribution in [-0.2, 0) is 6.42 Å². The molecule has 2 heterocycles. The molecule has 108 valence electrons. The predicted molar refractivity (Wildman–Crippen MR) is 83.4 cm³/mol. The van der Waals surface area contributed by atoms with Gasteiger partial charge in [0.15, 0.2) is 0 Å². The lowest BCUT2D eigenvalue weighted by molar-refractivity contribution is 0.0781. The molecule has 0 saturated carbocycles. The van der Waals surface area contributed by atoms with E-state index >= 15 is 0 Å². The first-order valence-electron chi connectivity index (χ1n) is 6.58. The van der Waals surface area contributed by atoms with Gasteiger partial charge in [0.2, 0.25) is 0 Å². The summed E-state index contributed by atoms with van der Waals surface area (Å²) in [4.78, 5) is 16.5. The van der Waals surface area contributed by atoms with Gasteiger partial charge in [0.25, 0.3) is 5.91 Å². The van der Waals surface area contributed by atoms with Crippen molar-refractivity contribution in [2.24, 2.45) is 11.1 Å². The highest BCUT2D eigenvalue weighted by atomic mass is 35.5. The minimum absolute atomic E-state index is 0. The van der Waals surface area contributed by atoms with E-state index in [1.165, 1.54) is 10.4 Å². The molecule has 19 heavy (non-hydrogen) atoms. The van der Waals surface area contributed by atoms with Crippen LogP contribution < -0.4 is 5.73 Å². The number of hydrogen-bond acceptors (Lipinski definition) is 3. The topological polar surface area (TPSA) is 46.3 Å². The third-order valence-corrected chi connectivity index (χ3v) is 5.03. The van der Waals surface area contributed by atoms with Crippen molar-refractivity contribution in [1.82, 2.24) is 4.90 Å². The van der Waals surface area contributed by atoms with Crippen molar-refractivity contribution in [3.63, 3.8) is 0 Å². The van der Waals surface area contributed by atoms with Gasteiger partial charge in [-0.05, 0) is 43.4 Å². The molecule has 1 amide bonds. The molecule has 0 radical (unpaired) electrons. The van der Waals surface area contributed by atoms with Gasteiger partial charge in [-0.2, -0.15) is 0 Å². The number of thiophene rings is 1. The third kappa shape index (κ3) is 3.30. The third-order valence-electron chi connectivity index (χ3n) is 3.95. The van der Waals surface area contributed by atoms with Crippen molar-refractivity contribution >= 4 is 29.7 Å². The second-order valence-electron chi connectivity index (χ2n) is 5.54. The second-order valence-corrected chi connectivity index (χ2v) is 6.79. The number of aryl methyl sites for hydroxylation is 2. The maximum absolute atomic E-state index is 12.4. The van der Waals surface area contributed by atoms with Gasteiger partial charge >= 0.3 is 0 Å². The molecule has 0 aliphatic carbocycles. The molecule has 2 N–H and O–H groups in total. The number of nitrogens with zero attached hydrogens (tertiary/aromatic N) is 1. The number of hydrogen-bond donors (Lipinski definition) is 1.